The van der Waals surface area contributed by atoms with E-state index >= 15 is 0 Å². The summed E-state index contributed by atoms with van der Waals surface area (Å²) < 4.78 is 0. The summed E-state index contributed by atoms with van der Waals surface area (Å²) in [6.07, 6.45) is 3.82. The van der Waals surface area contributed by atoms with Crippen molar-refractivity contribution in [2.75, 3.05) is 43.4 Å². The fourth-order valence-corrected chi connectivity index (χ4v) is 3.29. The molecule has 0 amide bonds. The van der Waals surface area contributed by atoms with E-state index in [0.717, 1.165) is 36.9 Å². The highest BCUT2D eigenvalue weighted by Crippen LogP contribution is 2.27. The largest absolute Gasteiger partial charge is 0.366 e. The maximum absolute atomic E-state index is 4.44. The van der Waals surface area contributed by atoms with Crippen molar-refractivity contribution in [1.29, 1.82) is 0 Å². The lowest BCUT2D eigenvalue weighted by atomic mass is 10.3. The number of hydrogen-bond donors (Lipinski definition) is 1. The third kappa shape index (κ3) is 3.33. The SMILES string of the molecule is Cc1cc(Nc2ncc(N3CCN(C)CC3)cn2)sc1C. The lowest BCUT2D eigenvalue weighted by molar-refractivity contribution is 0.312. The smallest absolute Gasteiger partial charge is 0.227 e. The average molecular weight is 303 g/mol. The molecular formula is C15H21N5S. The van der Waals surface area contributed by atoms with E-state index in [4.69, 9.17) is 0 Å². The summed E-state index contributed by atoms with van der Waals surface area (Å²) in [5.41, 5.74) is 2.41. The predicted molar refractivity (Wildman–Crippen MR) is 88.8 cm³/mol. The van der Waals surface area contributed by atoms with E-state index in [1.807, 2.05) is 12.4 Å². The molecule has 1 N–H and O–H groups in total. The van der Waals surface area contributed by atoms with Crippen LogP contribution in [0, 0.1) is 13.8 Å². The molecule has 0 aliphatic carbocycles. The summed E-state index contributed by atoms with van der Waals surface area (Å²) in [7, 11) is 2.16. The second kappa shape index (κ2) is 5.99. The van der Waals surface area contributed by atoms with E-state index in [-0.39, 0.29) is 0 Å². The van der Waals surface area contributed by atoms with Crippen LogP contribution in [0.25, 0.3) is 0 Å². The number of anilines is 3. The van der Waals surface area contributed by atoms with Crippen molar-refractivity contribution >= 4 is 28.0 Å². The molecule has 0 aromatic carbocycles. The molecule has 1 fully saturated rings. The van der Waals surface area contributed by atoms with Crippen LogP contribution >= 0.6 is 11.3 Å². The summed E-state index contributed by atoms with van der Waals surface area (Å²) in [6, 6.07) is 2.14. The van der Waals surface area contributed by atoms with Gasteiger partial charge in [0.25, 0.3) is 0 Å². The summed E-state index contributed by atoms with van der Waals surface area (Å²) in [5.74, 6) is 0.661. The second-order valence-corrected chi connectivity index (χ2v) is 6.79. The second-order valence-electron chi connectivity index (χ2n) is 5.53. The Hall–Kier alpha value is -1.66. The van der Waals surface area contributed by atoms with Crippen LogP contribution in [0.4, 0.5) is 16.6 Å². The van der Waals surface area contributed by atoms with Crippen LogP contribution in [0.15, 0.2) is 18.5 Å². The van der Waals surface area contributed by atoms with Crippen LogP contribution in [-0.2, 0) is 0 Å². The zero-order valence-electron chi connectivity index (χ0n) is 12.8. The van der Waals surface area contributed by atoms with Crippen molar-refractivity contribution in [2.45, 2.75) is 13.8 Å². The Bertz CT molecular complexity index is 580. The molecule has 3 heterocycles. The number of nitrogens with one attached hydrogen (secondary N) is 1. The van der Waals surface area contributed by atoms with Crippen molar-refractivity contribution in [3.05, 3.63) is 28.9 Å². The molecule has 1 saturated heterocycles. The minimum atomic E-state index is 0.661. The highest BCUT2D eigenvalue weighted by Gasteiger charge is 2.14. The van der Waals surface area contributed by atoms with Gasteiger partial charge in [0.2, 0.25) is 5.95 Å². The van der Waals surface area contributed by atoms with Crippen molar-refractivity contribution in [3.8, 4) is 0 Å². The molecule has 21 heavy (non-hydrogen) atoms. The van der Waals surface area contributed by atoms with Crippen LogP contribution in [0.2, 0.25) is 0 Å². The number of hydrogen-bond acceptors (Lipinski definition) is 6. The van der Waals surface area contributed by atoms with Gasteiger partial charge in [-0.1, -0.05) is 0 Å². The summed E-state index contributed by atoms with van der Waals surface area (Å²) in [5, 5.41) is 4.37. The average Bonchev–Trinajstić information content (AvgIpc) is 2.79. The first kappa shape index (κ1) is 14.3. The fraction of sp³-hybridized carbons (Fsp3) is 0.467. The van der Waals surface area contributed by atoms with Crippen LogP contribution in [-0.4, -0.2) is 48.1 Å². The number of aromatic nitrogens is 2. The molecule has 2 aromatic heterocycles. The number of nitrogens with zero attached hydrogens (tertiary/aromatic N) is 4. The van der Waals surface area contributed by atoms with Crippen LogP contribution < -0.4 is 10.2 Å². The Morgan fingerprint density at radius 1 is 1.10 bits per heavy atom. The molecule has 0 spiro atoms. The van der Waals surface area contributed by atoms with Gasteiger partial charge in [0.05, 0.1) is 23.1 Å². The fourth-order valence-electron chi connectivity index (χ4n) is 2.36. The number of thiophene rings is 1. The van der Waals surface area contributed by atoms with Gasteiger partial charge in [0.1, 0.15) is 0 Å². The van der Waals surface area contributed by atoms with Gasteiger partial charge in [0, 0.05) is 31.1 Å². The monoisotopic (exact) mass is 303 g/mol. The molecule has 1 aliphatic rings. The number of likely N-dealkylation sites (N-methyl/N-ethyl adjacent to an activating group) is 1. The van der Waals surface area contributed by atoms with E-state index in [2.05, 4.69) is 52.0 Å². The molecule has 1 aliphatic heterocycles. The third-order valence-corrected chi connectivity index (χ3v) is 4.98. The van der Waals surface area contributed by atoms with Crippen LogP contribution in [0.3, 0.4) is 0 Å². The first-order chi connectivity index (χ1) is 10.1. The molecule has 0 unspecified atom stereocenters. The molecule has 0 saturated carbocycles. The van der Waals surface area contributed by atoms with E-state index in [1.54, 1.807) is 11.3 Å². The molecule has 3 rings (SSSR count). The van der Waals surface area contributed by atoms with Gasteiger partial charge >= 0.3 is 0 Å². The quantitative estimate of drug-likeness (QED) is 0.944. The van der Waals surface area contributed by atoms with Gasteiger partial charge in [-0.2, -0.15) is 0 Å². The summed E-state index contributed by atoms with van der Waals surface area (Å²) >= 11 is 1.73. The minimum Gasteiger partial charge on any atom is -0.366 e. The van der Waals surface area contributed by atoms with Gasteiger partial charge in [-0.3, -0.25) is 0 Å². The van der Waals surface area contributed by atoms with E-state index in [1.165, 1.54) is 10.4 Å². The number of rotatable bonds is 3. The highest BCUT2D eigenvalue weighted by molar-refractivity contribution is 7.16. The molecule has 6 heteroatoms. The van der Waals surface area contributed by atoms with Crippen molar-refractivity contribution in [3.63, 3.8) is 0 Å². The maximum atomic E-state index is 4.44. The first-order valence-electron chi connectivity index (χ1n) is 7.21. The Morgan fingerprint density at radius 2 is 1.76 bits per heavy atom. The van der Waals surface area contributed by atoms with Crippen molar-refractivity contribution < 1.29 is 0 Å². The van der Waals surface area contributed by atoms with Gasteiger partial charge in [-0.25, -0.2) is 9.97 Å². The van der Waals surface area contributed by atoms with Crippen LogP contribution in [0.1, 0.15) is 10.4 Å². The Balaban J connectivity index is 1.66. The molecular weight excluding hydrogens is 282 g/mol. The van der Waals surface area contributed by atoms with E-state index in [0.29, 0.717) is 5.95 Å². The maximum Gasteiger partial charge on any atom is 0.227 e. The normalized spacial score (nSPS) is 16.2. The van der Waals surface area contributed by atoms with E-state index < -0.39 is 0 Å². The summed E-state index contributed by atoms with van der Waals surface area (Å²) in [6.45, 7) is 8.50. The first-order valence-corrected chi connectivity index (χ1v) is 8.03. The molecule has 2 aromatic rings. The topological polar surface area (TPSA) is 44.3 Å². The lowest BCUT2D eigenvalue weighted by Crippen LogP contribution is -2.44. The summed E-state index contributed by atoms with van der Waals surface area (Å²) in [4.78, 5) is 14.9. The van der Waals surface area contributed by atoms with Gasteiger partial charge in [-0.05, 0) is 32.5 Å². The Morgan fingerprint density at radius 3 is 2.33 bits per heavy atom. The molecule has 0 bridgehead atoms. The van der Waals surface area contributed by atoms with Gasteiger partial charge in [0.15, 0.2) is 0 Å². The highest BCUT2D eigenvalue weighted by atomic mass is 32.1. The lowest BCUT2D eigenvalue weighted by Gasteiger charge is -2.33. The Kier molecular flexibility index (Phi) is 4.07. The minimum absolute atomic E-state index is 0.661. The molecule has 0 radical (unpaired) electrons. The predicted octanol–water partition coefficient (Wildman–Crippen LogP) is 2.65. The van der Waals surface area contributed by atoms with Crippen molar-refractivity contribution in [2.24, 2.45) is 0 Å². The third-order valence-electron chi connectivity index (χ3n) is 3.91. The van der Waals surface area contributed by atoms with Gasteiger partial charge in [-0.15, -0.1) is 11.3 Å². The number of aryl methyl sites for hydroxylation is 2. The Labute approximate surface area is 129 Å². The van der Waals surface area contributed by atoms with E-state index in [9.17, 15) is 0 Å². The van der Waals surface area contributed by atoms with Crippen molar-refractivity contribution in [1.82, 2.24) is 14.9 Å². The van der Waals surface area contributed by atoms with Crippen LogP contribution in [0.5, 0.6) is 0 Å². The standard InChI is InChI=1S/C15H21N5S/c1-11-8-14(21-12(11)2)18-15-16-9-13(10-17-15)20-6-4-19(3)5-7-20/h8-10H,4-7H2,1-3H3,(H,16,17,18). The molecule has 112 valence electrons. The molecule has 5 nitrogen and oxygen atoms in total. The zero-order chi connectivity index (χ0) is 14.8. The molecule has 0 atom stereocenters. The number of piperazine rings is 1. The zero-order valence-corrected chi connectivity index (χ0v) is 13.6. The van der Waals surface area contributed by atoms with Gasteiger partial charge < -0.3 is 15.1 Å².